The van der Waals surface area contributed by atoms with E-state index in [1.807, 2.05) is 24.3 Å². The molecule has 0 unspecified atom stereocenters. The van der Waals surface area contributed by atoms with Crippen molar-refractivity contribution in [3.05, 3.63) is 35.6 Å². The normalized spacial score (nSPS) is 18.7. The number of amides is 1. The number of fused-ring (bicyclic) bond motifs is 1. The highest BCUT2D eigenvalue weighted by Gasteiger charge is 2.36. The molecule has 0 saturated carbocycles. The second kappa shape index (κ2) is 4.52. The molecule has 1 aliphatic rings. The molecule has 1 fully saturated rings. The zero-order valence-electron chi connectivity index (χ0n) is 9.97. The first kappa shape index (κ1) is 12.5. The number of rotatable bonds is 1. The topological polar surface area (TPSA) is 33.2 Å². The van der Waals surface area contributed by atoms with Crippen molar-refractivity contribution in [2.24, 2.45) is 0 Å². The Hall–Kier alpha value is -1.56. The molecule has 0 N–H and O–H groups in total. The third-order valence-electron chi connectivity index (χ3n) is 3.19. The number of halogens is 2. The van der Waals surface area contributed by atoms with E-state index in [9.17, 15) is 13.6 Å². The zero-order valence-corrected chi connectivity index (χ0v) is 10.8. The fraction of sp³-hybridized carbons (Fsp3) is 0.308. The molecule has 0 spiro atoms. The Morgan fingerprint density at radius 1 is 1.37 bits per heavy atom. The predicted molar refractivity (Wildman–Crippen MR) is 69.4 cm³/mol. The number of carbonyl (C=O) groups is 1. The summed E-state index contributed by atoms with van der Waals surface area (Å²) in [5.74, 6) is -2.97. The minimum atomic E-state index is -2.76. The first-order valence-corrected chi connectivity index (χ1v) is 6.70. The van der Waals surface area contributed by atoms with Gasteiger partial charge in [0.25, 0.3) is 11.8 Å². The van der Waals surface area contributed by atoms with Gasteiger partial charge in [-0.3, -0.25) is 4.79 Å². The molecule has 0 atom stereocenters. The number of aromatic nitrogens is 1. The summed E-state index contributed by atoms with van der Waals surface area (Å²) in [6.45, 7) is 0.0621. The van der Waals surface area contributed by atoms with Gasteiger partial charge >= 0.3 is 0 Å². The summed E-state index contributed by atoms with van der Waals surface area (Å²) in [6, 6.07) is 7.35. The smallest absolute Gasteiger partial charge is 0.266 e. The number of hydrogen-bond donors (Lipinski definition) is 0. The molecule has 1 radical (unpaired) electrons. The summed E-state index contributed by atoms with van der Waals surface area (Å²) in [6.07, 6.45) is 0.590. The van der Waals surface area contributed by atoms with E-state index in [-0.39, 0.29) is 25.4 Å². The number of piperidine rings is 1. The summed E-state index contributed by atoms with van der Waals surface area (Å²) < 4.78 is 30.3. The van der Waals surface area contributed by atoms with Crippen molar-refractivity contribution in [2.45, 2.75) is 12.3 Å². The lowest BCUT2D eigenvalue weighted by molar-refractivity contribution is -0.00716. The molecule has 99 valence electrons. The number of likely N-dealkylation sites (tertiary alicyclic amines) is 1. The van der Waals surface area contributed by atoms with Crippen LogP contribution < -0.4 is 0 Å². The standard InChI is InChI=1S/C13H11F2N2OS/c14-13(15)5-7-17(8-6-13)12(18)11-9-3-1-2-4-10(9)16-19-11/h1-5H,6-8H2. The number of nitrogens with zero attached hydrogens (tertiary/aromatic N) is 2. The van der Waals surface area contributed by atoms with E-state index in [4.69, 9.17) is 0 Å². The summed E-state index contributed by atoms with van der Waals surface area (Å²) >= 11 is 1.12. The van der Waals surface area contributed by atoms with Crippen molar-refractivity contribution >= 4 is 28.3 Å². The lowest BCUT2D eigenvalue weighted by Crippen LogP contribution is -2.43. The first-order valence-electron chi connectivity index (χ1n) is 5.93. The van der Waals surface area contributed by atoms with Crippen LogP contribution in [0.4, 0.5) is 8.78 Å². The second-order valence-electron chi connectivity index (χ2n) is 4.50. The van der Waals surface area contributed by atoms with E-state index in [2.05, 4.69) is 4.37 Å². The summed E-state index contributed by atoms with van der Waals surface area (Å²) in [7, 11) is 0. The van der Waals surface area contributed by atoms with Crippen LogP contribution in [0.15, 0.2) is 24.3 Å². The fourth-order valence-electron chi connectivity index (χ4n) is 2.09. The average molecular weight is 281 g/mol. The van der Waals surface area contributed by atoms with Crippen LogP contribution in [0.3, 0.4) is 0 Å². The van der Waals surface area contributed by atoms with Crippen LogP contribution in [0.1, 0.15) is 16.1 Å². The first-order chi connectivity index (χ1) is 9.07. The van der Waals surface area contributed by atoms with Gasteiger partial charge in [-0.1, -0.05) is 18.2 Å². The molecule has 1 aliphatic heterocycles. The molecular weight excluding hydrogens is 270 g/mol. The number of alkyl halides is 2. The Balaban J connectivity index is 1.85. The molecule has 1 aromatic heterocycles. The lowest BCUT2D eigenvalue weighted by Gasteiger charge is -2.31. The predicted octanol–water partition coefficient (Wildman–Crippen LogP) is 2.98. The molecule has 2 aromatic rings. The fourth-order valence-corrected chi connectivity index (χ4v) is 2.92. The maximum absolute atomic E-state index is 13.0. The third kappa shape index (κ3) is 2.32. The van der Waals surface area contributed by atoms with Gasteiger partial charge in [0.05, 0.1) is 11.9 Å². The molecular formula is C13H11F2N2OS. The van der Waals surface area contributed by atoms with Crippen molar-refractivity contribution in [2.75, 3.05) is 13.1 Å². The largest absolute Gasteiger partial charge is 0.337 e. The SMILES string of the molecule is O=C(c1snc2ccccc12)N1C[CH]C(F)(F)CC1. The van der Waals surface area contributed by atoms with Crippen molar-refractivity contribution < 1.29 is 13.6 Å². The van der Waals surface area contributed by atoms with Crippen molar-refractivity contribution in [3.63, 3.8) is 0 Å². The highest BCUT2D eigenvalue weighted by molar-refractivity contribution is 7.09. The maximum atomic E-state index is 13.0. The molecule has 0 bridgehead atoms. The van der Waals surface area contributed by atoms with Gasteiger partial charge in [0.1, 0.15) is 4.88 Å². The quantitative estimate of drug-likeness (QED) is 0.805. The van der Waals surface area contributed by atoms with E-state index in [0.29, 0.717) is 4.88 Å². The maximum Gasteiger partial charge on any atom is 0.266 e. The number of carbonyl (C=O) groups excluding carboxylic acids is 1. The average Bonchev–Trinajstić information content (AvgIpc) is 2.82. The van der Waals surface area contributed by atoms with Gasteiger partial charge in [0, 0.05) is 24.9 Å². The zero-order chi connectivity index (χ0) is 13.5. The van der Waals surface area contributed by atoms with Crippen LogP contribution in [0.25, 0.3) is 10.9 Å². The van der Waals surface area contributed by atoms with E-state index in [1.54, 1.807) is 0 Å². The summed E-state index contributed by atoms with van der Waals surface area (Å²) in [4.78, 5) is 14.3. The van der Waals surface area contributed by atoms with Crippen LogP contribution in [0.5, 0.6) is 0 Å². The van der Waals surface area contributed by atoms with Gasteiger partial charge in [-0.25, -0.2) is 8.78 Å². The molecule has 3 rings (SSSR count). The Kier molecular flexibility index (Phi) is 2.97. The molecule has 6 heteroatoms. The van der Waals surface area contributed by atoms with Gasteiger partial charge in [-0.05, 0) is 17.6 Å². The van der Waals surface area contributed by atoms with E-state index in [0.717, 1.165) is 28.9 Å². The highest BCUT2D eigenvalue weighted by atomic mass is 32.1. The van der Waals surface area contributed by atoms with Crippen molar-refractivity contribution in [3.8, 4) is 0 Å². The van der Waals surface area contributed by atoms with E-state index in [1.165, 1.54) is 4.90 Å². The molecule has 1 saturated heterocycles. The molecule has 1 aromatic carbocycles. The van der Waals surface area contributed by atoms with E-state index < -0.39 is 5.92 Å². The van der Waals surface area contributed by atoms with Gasteiger partial charge < -0.3 is 4.90 Å². The van der Waals surface area contributed by atoms with Gasteiger partial charge in [-0.2, -0.15) is 4.37 Å². The second-order valence-corrected chi connectivity index (χ2v) is 5.27. The number of hydrogen-bond acceptors (Lipinski definition) is 3. The van der Waals surface area contributed by atoms with Gasteiger partial charge in [0.2, 0.25) is 0 Å². The molecule has 0 aliphatic carbocycles. The summed E-state index contributed by atoms with van der Waals surface area (Å²) in [5.41, 5.74) is 0.766. The molecule has 1 amide bonds. The minimum absolute atomic E-state index is 0.0158. The molecule has 3 nitrogen and oxygen atoms in total. The minimum Gasteiger partial charge on any atom is -0.337 e. The Morgan fingerprint density at radius 2 is 2.16 bits per heavy atom. The van der Waals surface area contributed by atoms with Crippen LogP contribution in [-0.4, -0.2) is 34.2 Å². The Morgan fingerprint density at radius 3 is 2.89 bits per heavy atom. The van der Waals surface area contributed by atoms with Crippen LogP contribution in [-0.2, 0) is 0 Å². The van der Waals surface area contributed by atoms with E-state index >= 15 is 0 Å². The van der Waals surface area contributed by atoms with Crippen LogP contribution >= 0.6 is 11.5 Å². The number of benzene rings is 1. The lowest BCUT2D eigenvalue weighted by atomic mass is 10.1. The Bertz CT molecular complexity index is 616. The van der Waals surface area contributed by atoms with Crippen LogP contribution in [0, 0.1) is 6.42 Å². The molecule has 2 heterocycles. The van der Waals surface area contributed by atoms with Crippen molar-refractivity contribution in [1.29, 1.82) is 0 Å². The van der Waals surface area contributed by atoms with Gasteiger partial charge in [-0.15, -0.1) is 0 Å². The Labute approximate surface area is 113 Å². The third-order valence-corrected chi connectivity index (χ3v) is 4.06. The highest BCUT2D eigenvalue weighted by Crippen LogP contribution is 2.29. The molecule has 19 heavy (non-hydrogen) atoms. The van der Waals surface area contributed by atoms with Crippen molar-refractivity contribution in [1.82, 2.24) is 9.27 Å². The summed E-state index contributed by atoms with van der Waals surface area (Å²) in [5, 5.41) is 0.787. The van der Waals surface area contributed by atoms with Crippen LogP contribution in [0.2, 0.25) is 0 Å². The van der Waals surface area contributed by atoms with Gasteiger partial charge in [0.15, 0.2) is 0 Å². The monoisotopic (exact) mass is 281 g/mol.